The van der Waals surface area contributed by atoms with Crippen LogP contribution in [0.25, 0.3) is 11.5 Å². The molecule has 9 nitrogen and oxygen atoms in total. The van der Waals surface area contributed by atoms with E-state index in [9.17, 15) is 4.79 Å². The summed E-state index contributed by atoms with van der Waals surface area (Å²) < 4.78 is 11.3. The number of benzene rings is 1. The predicted molar refractivity (Wildman–Crippen MR) is 112 cm³/mol. The second-order valence-electron chi connectivity index (χ2n) is 6.99. The molecular weight excluding hydrogens is 386 g/mol. The van der Waals surface area contributed by atoms with Crippen LogP contribution < -0.4 is 20.3 Å². The summed E-state index contributed by atoms with van der Waals surface area (Å²) in [5.41, 5.74) is 2.35. The van der Waals surface area contributed by atoms with Crippen molar-refractivity contribution in [2.24, 2.45) is 0 Å². The second-order valence-corrected chi connectivity index (χ2v) is 6.99. The molecule has 4 rings (SSSR count). The largest absolute Gasteiger partial charge is 0.491 e. The van der Waals surface area contributed by atoms with E-state index in [1.807, 2.05) is 38.1 Å². The molecule has 2 aromatic heterocycles. The van der Waals surface area contributed by atoms with E-state index in [1.165, 1.54) is 0 Å². The first-order chi connectivity index (χ1) is 14.5. The lowest BCUT2D eigenvalue weighted by Crippen LogP contribution is -2.33. The Bertz CT molecular complexity index is 1050. The van der Waals surface area contributed by atoms with E-state index in [1.54, 1.807) is 23.2 Å². The van der Waals surface area contributed by atoms with Gasteiger partial charge < -0.3 is 24.9 Å². The maximum absolute atomic E-state index is 12.1. The van der Waals surface area contributed by atoms with Crippen molar-refractivity contribution in [1.29, 1.82) is 0 Å². The molecule has 0 spiro atoms. The van der Waals surface area contributed by atoms with Crippen molar-refractivity contribution in [3.63, 3.8) is 0 Å². The summed E-state index contributed by atoms with van der Waals surface area (Å²) in [5.74, 6) is 1.68. The molecular formula is C21H23N5O4. The highest BCUT2D eigenvalue weighted by molar-refractivity contribution is 5.94. The Kier molecular flexibility index (Phi) is 5.53. The first-order valence-corrected chi connectivity index (χ1v) is 9.67. The molecule has 0 saturated carbocycles. The van der Waals surface area contributed by atoms with Gasteiger partial charge in [-0.15, -0.1) is 0 Å². The van der Waals surface area contributed by atoms with Crippen LogP contribution in [0.15, 0.2) is 47.0 Å². The number of aliphatic hydroxyl groups excluding tert-OH is 1. The van der Waals surface area contributed by atoms with Crippen molar-refractivity contribution >= 4 is 23.6 Å². The monoisotopic (exact) mass is 409 g/mol. The maximum atomic E-state index is 12.1. The van der Waals surface area contributed by atoms with Crippen LogP contribution in [0.5, 0.6) is 5.75 Å². The van der Waals surface area contributed by atoms with Crippen LogP contribution in [0.4, 0.5) is 22.3 Å². The summed E-state index contributed by atoms with van der Waals surface area (Å²) in [7, 11) is 0. The lowest BCUT2D eigenvalue weighted by molar-refractivity contribution is 0.201. The number of aromatic nitrogens is 2. The summed E-state index contributed by atoms with van der Waals surface area (Å²) in [6.07, 6.45) is 1.59. The standard InChI is InChI=1S/C21H23N5O4/c1-13-6-7-15(29-9-8-27)10-17(13)25-20-22-12-18(30-20)16-4-3-5-19(24-16)26-14(2)11-23-21(26)28/h3-7,10,12,14,27H,8-9,11H2,1-2H3,(H,22,25)(H,23,28). The van der Waals surface area contributed by atoms with Gasteiger partial charge in [-0.05, 0) is 37.6 Å². The van der Waals surface area contributed by atoms with Crippen molar-refractivity contribution in [2.45, 2.75) is 19.9 Å². The van der Waals surface area contributed by atoms with Crippen LogP contribution in [-0.4, -0.2) is 46.9 Å². The molecule has 156 valence electrons. The van der Waals surface area contributed by atoms with Gasteiger partial charge in [0.15, 0.2) is 5.76 Å². The number of aliphatic hydroxyl groups is 1. The van der Waals surface area contributed by atoms with E-state index in [-0.39, 0.29) is 25.3 Å². The zero-order valence-electron chi connectivity index (χ0n) is 16.8. The molecule has 1 fully saturated rings. The first kappa shape index (κ1) is 19.7. The van der Waals surface area contributed by atoms with Crippen LogP contribution in [0.3, 0.4) is 0 Å². The van der Waals surface area contributed by atoms with Crippen molar-refractivity contribution in [1.82, 2.24) is 15.3 Å². The number of anilines is 3. The molecule has 1 unspecified atom stereocenters. The molecule has 1 aliphatic heterocycles. The number of pyridine rings is 1. The number of oxazole rings is 1. The third-order valence-electron chi connectivity index (χ3n) is 4.76. The fraction of sp³-hybridized carbons (Fsp3) is 0.286. The fourth-order valence-electron chi connectivity index (χ4n) is 3.19. The van der Waals surface area contributed by atoms with E-state index >= 15 is 0 Å². The number of carbonyl (C=O) groups excluding carboxylic acids is 1. The Hall–Kier alpha value is -3.59. The first-order valence-electron chi connectivity index (χ1n) is 9.67. The van der Waals surface area contributed by atoms with E-state index < -0.39 is 0 Å². The molecule has 9 heteroatoms. The lowest BCUT2D eigenvalue weighted by atomic mass is 10.2. The van der Waals surface area contributed by atoms with Crippen LogP contribution in [0.2, 0.25) is 0 Å². The summed E-state index contributed by atoms with van der Waals surface area (Å²) in [6.45, 7) is 4.67. The van der Waals surface area contributed by atoms with Gasteiger partial charge in [0, 0.05) is 18.3 Å². The van der Waals surface area contributed by atoms with Gasteiger partial charge in [-0.25, -0.2) is 14.8 Å². The lowest BCUT2D eigenvalue weighted by Gasteiger charge is -2.18. The third kappa shape index (κ3) is 4.06. The van der Waals surface area contributed by atoms with Crippen LogP contribution in [0.1, 0.15) is 12.5 Å². The van der Waals surface area contributed by atoms with Gasteiger partial charge in [0.25, 0.3) is 6.01 Å². The molecule has 1 aliphatic rings. The number of rotatable bonds is 7. The number of carbonyl (C=O) groups is 1. The number of nitrogens with one attached hydrogen (secondary N) is 2. The molecule has 1 saturated heterocycles. The number of hydrogen-bond donors (Lipinski definition) is 3. The Balaban J connectivity index is 1.54. The van der Waals surface area contributed by atoms with Crippen molar-refractivity contribution < 1.29 is 19.1 Å². The van der Waals surface area contributed by atoms with E-state index in [0.717, 1.165) is 11.3 Å². The van der Waals surface area contributed by atoms with Crippen molar-refractivity contribution in [3.8, 4) is 17.2 Å². The van der Waals surface area contributed by atoms with Gasteiger partial charge in [-0.1, -0.05) is 12.1 Å². The molecule has 0 bridgehead atoms. The van der Waals surface area contributed by atoms with Crippen LogP contribution >= 0.6 is 0 Å². The predicted octanol–water partition coefficient (Wildman–Crippen LogP) is 3.08. The van der Waals surface area contributed by atoms with E-state index in [4.69, 9.17) is 14.3 Å². The topological polar surface area (TPSA) is 113 Å². The SMILES string of the molecule is Cc1ccc(OCCO)cc1Nc1ncc(-c2cccc(N3C(=O)NCC3C)n2)o1. The summed E-state index contributed by atoms with van der Waals surface area (Å²) in [5, 5.41) is 14.9. The number of ether oxygens (including phenoxy) is 1. The molecule has 3 heterocycles. The molecule has 3 N–H and O–H groups in total. The summed E-state index contributed by atoms with van der Waals surface area (Å²) in [6, 6.07) is 11.2. The Morgan fingerprint density at radius 1 is 1.37 bits per heavy atom. The fourth-order valence-corrected chi connectivity index (χ4v) is 3.19. The quantitative estimate of drug-likeness (QED) is 0.550. The van der Waals surface area contributed by atoms with Gasteiger partial charge >= 0.3 is 6.03 Å². The smallest absolute Gasteiger partial charge is 0.323 e. The minimum atomic E-state index is -0.161. The van der Waals surface area contributed by atoms with Gasteiger partial charge in [0.1, 0.15) is 23.9 Å². The Morgan fingerprint density at radius 2 is 2.23 bits per heavy atom. The molecule has 1 atom stereocenters. The molecule has 0 aliphatic carbocycles. The summed E-state index contributed by atoms with van der Waals surface area (Å²) in [4.78, 5) is 22.6. The number of urea groups is 1. The minimum absolute atomic E-state index is 0.0236. The zero-order chi connectivity index (χ0) is 21.1. The third-order valence-corrected chi connectivity index (χ3v) is 4.76. The number of nitrogens with zero attached hydrogens (tertiary/aromatic N) is 3. The van der Waals surface area contributed by atoms with Crippen LogP contribution in [0, 0.1) is 6.92 Å². The van der Waals surface area contributed by atoms with Gasteiger partial charge in [0.05, 0.1) is 18.8 Å². The zero-order valence-corrected chi connectivity index (χ0v) is 16.8. The minimum Gasteiger partial charge on any atom is -0.491 e. The average molecular weight is 409 g/mol. The summed E-state index contributed by atoms with van der Waals surface area (Å²) >= 11 is 0. The number of aryl methyl sites for hydroxylation is 1. The molecule has 0 radical (unpaired) electrons. The molecule has 1 aromatic carbocycles. The number of hydrogen-bond acceptors (Lipinski definition) is 7. The van der Waals surface area contributed by atoms with Crippen molar-refractivity contribution in [3.05, 3.63) is 48.2 Å². The highest BCUT2D eigenvalue weighted by Crippen LogP contribution is 2.29. The average Bonchev–Trinajstić information content (AvgIpc) is 3.35. The van der Waals surface area contributed by atoms with Gasteiger partial charge in [0.2, 0.25) is 0 Å². The van der Waals surface area contributed by atoms with Crippen molar-refractivity contribution in [2.75, 3.05) is 30.0 Å². The van der Waals surface area contributed by atoms with Gasteiger partial charge in [-0.3, -0.25) is 4.90 Å². The molecule has 3 aromatic rings. The Labute approximate surface area is 173 Å². The second kappa shape index (κ2) is 8.42. The normalized spacial score (nSPS) is 15.9. The molecule has 30 heavy (non-hydrogen) atoms. The van der Waals surface area contributed by atoms with E-state index in [2.05, 4.69) is 20.6 Å². The molecule has 2 amide bonds. The van der Waals surface area contributed by atoms with E-state index in [0.29, 0.717) is 35.6 Å². The maximum Gasteiger partial charge on any atom is 0.323 e. The highest BCUT2D eigenvalue weighted by Gasteiger charge is 2.29. The van der Waals surface area contributed by atoms with Crippen LogP contribution in [-0.2, 0) is 0 Å². The van der Waals surface area contributed by atoms with Gasteiger partial charge in [-0.2, -0.15) is 0 Å². The highest BCUT2D eigenvalue weighted by atomic mass is 16.5. The Morgan fingerprint density at radius 3 is 3.00 bits per heavy atom. The number of amides is 2.